The van der Waals surface area contributed by atoms with Crippen LogP contribution in [0.25, 0.3) is 0 Å². The molecule has 2 aromatic rings. The van der Waals surface area contributed by atoms with Crippen LogP contribution in [0.5, 0.6) is 0 Å². The van der Waals surface area contributed by atoms with Crippen LogP contribution < -0.4 is 4.90 Å². The molecule has 0 saturated carbocycles. The molecule has 1 aliphatic heterocycles. The van der Waals surface area contributed by atoms with Gasteiger partial charge in [-0.3, -0.25) is 4.90 Å². The highest BCUT2D eigenvalue weighted by molar-refractivity contribution is 6.30. The van der Waals surface area contributed by atoms with Gasteiger partial charge in [0.1, 0.15) is 0 Å². The number of anilines is 1. The minimum Gasteiger partial charge on any atom is -0.389 e. The maximum atomic E-state index is 10.2. The number of aryl methyl sites for hydroxylation is 1. The summed E-state index contributed by atoms with van der Waals surface area (Å²) in [6.45, 7) is 7.42. The summed E-state index contributed by atoms with van der Waals surface area (Å²) < 4.78 is 5.64. The van der Waals surface area contributed by atoms with Crippen LogP contribution in [0.2, 0.25) is 5.02 Å². The van der Waals surface area contributed by atoms with Gasteiger partial charge in [-0.05, 0) is 30.2 Å². The lowest BCUT2D eigenvalue weighted by Gasteiger charge is -2.37. The van der Waals surface area contributed by atoms with Gasteiger partial charge in [-0.15, -0.1) is 12.4 Å². The highest BCUT2D eigenvalue weighted by Crippen LogP contribution is 2.25. The molecular formula is C21H28Cl2N2O2. The van der Waals surface area contributed by atoms with E-state index >= 15 is 0 Å². The second kappa shape index (κ2) is 10.9. The van der Waals surface area contributed by atoms with Gasteiger partial charge in [0, 0.05) is 43.4 Å². The Morgan fingerprint density at radius 1 is 1.07 bits per heavy atom. The zero-order valence-corrected chi connectivity index (χ0v) is 17.3. The van der Waals surface area contributed by atoms with Gasteiger partial charge in [-0.2, -0.15) is 0 Å². The molecule has 4 nitrogen and oxygen atoms in total. The first-order valence-corrected chi connectivity index (χ1v) is 9.53. The number of aliphatic hydroxyl groups is 1. The van der Waals surface area contributed by atoms with Crippen molar-refractivity contribution in [1.29, 1.82) is 0 Å². The Morgan fingerprint density at radius 2 is 1.78 bits per heavy atom. The Labute approximate surface area is 173 Å². The zero-order chi connectivity index (χ0) is 18.4. The van der Waals surface area contributed by atoms with Crippen molar-refractivity contribution in [2.75, 3.05) is 44.2 Å². The van der Waals surface area contributed by atoms with Gasteiger partial charge < -0.3 is 14.7 Å². The summed E-state index contributed by atoms with van der Waals surface area (Å²) in [5, 5.41) is 11.0. The van der Waals surface area contributed by atoms with Gasteiger partial charge in [0.25, 0.3) is 0 Å². The van der Waals surface area contributed by atoms with Crippen molar-refractivity contribution >= 4 is 29.7 Å². The summed E-state index contributed by atoms with van der Waals surface area (Å²) in [5.41, 5.74) is 3.59. The van der Waals surface area contributed by atoms with E-state index in [2.05, 4.69) is 22.8 Å². The van der Waals surface area contributed by atoms with Crippen LogP contribution in [0.3, 0.4) is 0 Å². The monoisotopic (exact) mass is 410 g/mol. The Kier molecular flexibility index (Phi) is 8.87. The van der Waals surface area contributed by atoms with E-state index in [-0.39, 0.29) is 12.4 Å². The van der Waals surface area contributed by atoms with Gasteiger partial charge in [-0.1, -0.05) is 48.0 Å². The fourth-order valence-corrected chi connectivity index (χ4v) is 3.50. The normalized spacial score (nSPS) is 16.0. The minimum atomic E-state index is -0.460. The van der Waals surface area contributed by atoms with Crippen LogP contribution in [0, 0.1) is 6.92 Å². The number of piperazine rings is 1. The average Bonchev–Trinajstić information content (AvgIpc) is 2.65. The molecule has 1 N–H and O–H groups in total. The number of nitrogens with zero attached hydrogens (tertiary/aromatic N) is 2. The zero-order valence-electron chi connectivity index (χ0n) is 15.7. The number of halogens is 2. The number of rotatable bonds is 7. The summed E-state index contributed by atoms with van der Waals surface area (Å²) in [4.78, 5) is 4.67. The summed E-state index contributed by atoms with van der Waals surface area (Å²) in [6.07, 6.45) is -0.460. The van der Waals surface area contributed by atoms with Crippen LogP contribution in [0.4, 0.5) is 5.69 Å². The maximum absolute atomic E-state index is 10.2. The van der Waals surface area contributed by atoms with E-state index in [9.17, 15) is 5.11 Å². The van der Waals surface area contributed by atoms with Crippen LogP contribution >= 0.6 is 24.0 Å². The Balaban J connectivity index is 0.00000261. The largest absolute Gasteiger partial charge is 0.389 e. The lowest BCUT2D eigenvalue weighted by molar-refractivity contribution is 0.00914. The number of aliphatic hydroxyl groups excluding tert-OH is 1. The molecule has 1 aliphatic rings. The van der Waals surface area contributed by atoms with Crippen molar-refractivity contribution in [2.45, 2.75) is 19.6 Å². The quantitative estimate of drug-likeness (QED) is 0.753. The van der Waals surface area contributed by atoms with Crippen molar-refractivity contribution < 1.29 is 9.84 Å². The Bertz CT molecular complexity index is 692. The lowest BCUT2D eigenvalue weighted by atomic mass is 10.1. The van der Waals surface area contributed by atoms with E-state index in [0.717, 1.165) is 36.8 Å². The molecule has 0 amide bonds. The summed E-state index contributed by atoms with van der Waals surface area (Å²) in [5.74, 6) is 0. The number of β-amino-alcohol motifs (C(OH)–C–C–N with tert-alkyl or cyclic N) is 1. The van der Waals surface area contributed by atoms with Crippen molar-refractivity contribution in [1.82, 2.24) is 4.90 Å². The van der Waals surface area contributed by atoms with Crippen LogP contribution in [-0.2, 0) is 11.3 Å². The Morgan fingerprint density at radius 3 is 2.48 bits per heavy atom. The van der Waals surface area contributed by atoms with Crippen molar-refractivity contribution in [3.8, 4) is 0 Å². The first-order valence-electron chi connectivity index (χ1n) is 9.15. The molecule has 1 fully saturated rings. The summed E-state index contributed by atoms with van der Waals surface area (Å²) in [6, 6.07) is 16.1. The fraction of sp³-hybridized carbons (Fsp3) is 0.429. The number of hydrogen-bond acceptors (Lipinski definition) is 4. The van der Waals surface area contributed by atoms with Gasteiger partial charge in [0.15, 0.2) is 0 Å². The van der Waals surface area contributed by atoms with Gasteiger partial charge in [-0.25, -0.2) is 0 Å². The molecule has 0 aromatic heterocycles. The van der Waals surface area contributed by atoms with Gasteiger partial charge in [0.05, 0.1) is 19.3 Å². The molecule has 2 aromatic carbocycles. The molecule has 6 heteroatoms. The highest BCUT2D eigenvalue weighted by atomic mass is 35.5. The molecule has 0 spiro atoms. The molecule has 1 unspecified atom stereocenters. The maximum Gasteiger partial charge on any atom is 0.0900 e. The predicted molar refractivity (Wildman–Crippen MR) is 114 cm³/mol. The first kappa shape index (κ1) is 22.0. The van der Waals surface area contributed by atoms with Crippen LogP contribution in [0.15, 0.2) is 48.5 Å². The standard InChI is InChI=1S/C21H27ClN2O2.ClH/c1-17-7-8-19(22)13-21(17)24-11-9-23(10-12-24)14-20(25)16-26-15-18-5-3-2-4-6-18;/h2-8,13,20,25H,9-12,14-16H2,1H3;1H. The molecule has 3 rings (SSSR count). The number of benzene rings is 2. The van der Waals surface area contributed by atoms with E-state index < -0.39 is 6.10 Å². The van der Waals surface area contributed by atoms with Crippen LogP contribution in [-0.4, -0.2) is 55.4 Å². The molecule has 27 heavy (non-hydrogen) atoms. The number of hydrogen-bond donors (Lipinski definition) is 1. The summed E-state index contributed by atoms with van der Waals surface area (Å²) >= 11 is 6.14. The highest BCUT2D eigenvalue weighted by Gasteiger charge is 2.20. The van der Waals surface area contributed by atoms with Crippen molar-refractivity contribution in [3.63, 3.8) is 0 Å². The first-order chi connectivity index (χ1) is 12.6. The third-order valence-electron chi connectivity index (χ3n) is 4.77. The molecular weight excluding hydrogens is 383 g/mol. The summed E-state index contributed by atoms with van der Waals surface area (Å²) in [7, 11) is 0. The van der Waals surface area contributed by atoms with Gasteiger partial charge in [0.2, 0.25) is 0 Å². The van der Waals surface area contributed by atoms with Crippen molar-refractivity contribution in [3.05, 3.63) is 64.7 Å². The van der Waals surface area contributed by atoms with Gasteiger partial charge >= 0.3 is 0 Å². The van der Waals surface area contributed by atoms with E-state index in [0.29, 0.717) is 19.8 Å². The minimum absolute atomic E-state index is 0. The third-order valence-corrected chi connectivity index (χ3v) is 5.01. The second-order valence-corrected chi connectivity index (χ2v) is 7.31. The predicted octanol–water partition coefficient (Wildman–Crippen LogP) is 3.77. The molecule has 1 atom stereocenters. The van der Waals surface area contributed by atoms with Crippen molar-refractivity contribution in [2.24, 2.45) is 0 Å². The van der Waals surface area contributed by atoms with Crippen LogP contribution in [0.1, 0.15) is 11.1 Å². The van der Waals surface area contributed by atoms with E-state index in [1.807, 2.05) is 42.5 Å². The average molecular weight is 411 g/mol. The topological polar surface area (TPSA) is 35.9 Å². The lowest BCUT2D eigenvalue weighted by Crippen LogP contribution is -2.49. The molecule has 0 bridgehead atoms. The third kappa shape index (κ3) is 6.66. The second-order valence-electron chi connectivity index (χ2n) is 6.87. The number of ether oxygens (including phenoxy) is 1. The van der Waals surface area contributed by atoms with E-state index in [4.69, 9.17) is 16.3 Å². The Hall–Kier alpha value is -1.30. The molecule has 148 valence electrons. The fourth-order valence-electron chi connectivity index (χ4n) is 3.33. The molecule has 1 heterocycles. The SMILES string of the molecule is Cc1ccc(Cl)cc1N1CCN(CC(O)COCc2ccccc2)CC1.Cl. The molecule has 0 radical (unpaired) electrons. The smallest absolute Gasteiger partial charge is 0.0900 e. The molecule has 1 saturated heterocycles. The van der Waals surface area contributed by atoms with E-state index in [1.54, 1.807) is 0 Å². The van der Waals surface area contributed by atoms with E-state index in [1.165, 1.54) is 11.3 Å². The molecule has 0 aliphatic carbocycles.